The molecule has 3 N–H and O–H groups in total. The fraction of sp³-hybridized carbons (Fsp3) is 0.571. The molecule has 0 heterocycles. The van der Waals surface area contributed by atoms with Gasteiger partial charge in [-0.15, -0.1) is 0 Å². The maximum Gasteiger partial charge on any atom is 0.164 e. The van der Waals surface area contributed by atoms with Crippen LogP contribution in [0.5, 0.6) is 17.2 Å². The molecule has 0 unspecified atom stereocenters. The monoisotopic (exact) mass is 266 g/mol. The first kappa shape index (κ1) is 13.8. The lowest BCUT2D eigenvalue weighted by molar-refractivity contribution is 0.279. The van der Waals surface area contributed by atoms with E-state index in [0.717, 1.165) is 30.8 Å². The van der Waals surface area contributed by atoms with E-state index in [4.69, 9.17) is 19.9 Å². The Hall–Kier alpha value is -1.62. The van der Waals surface area contributed by atoms with E-state index in [2.05, 4.69) is 5.32 Å². The van der Waals surface area contributed by atoms with E-state index in [-0.39, 0.29) is 0 Å². The number of hydrogen-bond acceptors (Lipinski definition) is 5. The predicted molar refractivity (Wildman–Crippen MR) is 75.3 cm³/mol. The summed E-state index contributed by atoms with van der Waals surface area (Å²) >= 11 is 0. The maximum absolute atomic E-state index is 5.79. The Morgan fingerprint density at radius 2 is 1.63 bits per heavy atom. The van der Waals surface area contributed by atoms with Crippen LogP contribution < -0.4 is 25.3 Å². The highest BCUT2D eigenvalue weighted by Crippen LogP contribution is 2.38. The lowest BCUT2D eigenvalue weighted by Gasteiger charge is -2.32. The maximum atomic E-state index is 5.79. The molecule has 0 aromatic heterocycles. The summed E-state index contributed by atoms with van der Waals surface area (Å²) in [4.78, 5) is 0. The van der Waals surface area contributed by atoms with E-state index in [1.807, 2.05) is 12.1 Å². The highest BCUT2D eigenvalue weighted by atomic mass is 16.5. The number of nitrogens with one attached hydrogen (secondary N) is 1. The molecule has 0 aliphatic heterocycles. The molecule has 0 amide bonds. The van der Waals surface area contributed by atoms with Crippen LogP contribution >= 0.6 is 0 Å². The second-order valence-electron chi connectivity index (χ2n) is 4.89. The number of benzene rings is 1. The van der Waals surface area contributed by atoms with Gasteiger partial charge in [-0.2, -0.15) is 0 Å². The van der Waals surface area contributed by atoms with Gasteiger partial charge in [0.1, 0.15) is 5.75 Å². The average molecular weight is 266 g/mol. The molecule has 1 fully saturated rings. The number of hydrogen-bond donors (Lipinski definition) is 2. The van der Waals surface area contributed by atoms with Crippen molar-refractivity contribution in [1.29, 1.82) is 0 Å². The van der Waals surface area contributed by atoms with Crippen molar-refractivity contribution in [1.82, 2.24) is 0 Å². The molecule has 5 nitrogen and oxygen atoms in total. The van der Waals surface area contributed by atoms with Gasteiger partial charge in [0.2, 0.25) is 0 Å². The van der Waals surface area contributed by atoms with Crippen LogP contribution in [0.25, 0.3) is 0 Å². The Balaban J connectivity index is 2.09. The number of nitrogens with two attached hydrogens (primary N) is 1. The minimum atomic E-state index is 0.374. The van der Waals surface area contributed by atoms with Gasteiger partial charge in [0.15, 0.2) is 11.5 Å². The van der Waals surface area contributed by atoms with E-state index >= 15 is 0 Å². The van der Waals surface area contributed by atoms with Crippen LogP contribution in [0.1, 0.15) is 12.8 Å². The standard InChI is InChI=1S/C14H22N2O3/c1-17-12-7-14(19-3)13(18-2)6-11(12)16-8-9-4-10(15)5-9/h6-7,9-10,16H,4-5,8,15H2,1-3H3. The van der Waals surface area contributed by atoms with Crippen molar-refractivity contribution in [3.8, 4) is 17.2 Å². The van der Waals surface area contributed by atoms with Gasteiger partial charge in [-0.05, 0) is 18.8 Å². The normalized spacial score (nSPS) is 21.5. The largest absolute Gasteiger partial charge is 0.494 e. The van der Waals surface area contributed by atoms with Crippen LogP contribution in [0, 0.1) is 5.92 Å². The number of rotatable bonds is 6. The molecule has 0 spiro atoms. The van der Waals surface area contributed by atoms with Crippen molar-refractivity contribution in [2.75, 3.05) is 33.2 Å². The fourth-order valence-corrected chi connectivity index (χ4v) is 2.38. The van der Waals surface area contributed by atoms with Crippen molar-refractivity contribution in [2.24, 2.45) is 11.7 Å². The highest BCUT2D eigenvalue weighted by Gasteiger charge is 2.25. The Morgan fingerprint density at radius 3 is 2.16 bits per heavy atom. The molecule has 106 valence electrons. The summed E-state index contributed by atoms with van der Waals surface area (Å²) in [5.41, 5.74) is 6.71. The van der Waals surface area contributed by atoms with Crippen molar-refractivity contribution in [3.63, 3.8) is 0 Å². The Kier molecular flexibility index (Phi) is 4.37. The van der Waals surface area contributed by atoms with E-state index < -0.39 is 0 Å². The molecule has 1 aromatic rings. The number of methoxy groups -OCH3 is 3. The topological polar surface area (TPSA) is 65.7 Å². The molecular weight excluding hydrogens is 244 g/mol. The highest BCUT2D eigenvalue weighted by molar-refractivity contribution is 5.64. The van der Waals surface area contributed by atoms with Crippen molar-refractivity contribution in [3.05, 3.63) is 12.1 Å². The summed E-state index contributed by atoms with van der Waals surface area (Å²) < 4.78 is 15.9. The minimum absolute atomic E-state index is 0.374. The van der Waals surface area contributed by atoms with Crippen LogP contribution in [-0.4, -0.2) is 33.9 Å². The Bertz CT molecular complexity index is 431. The summed E-state index contributed by atoms with van der Waals surface area (Å²) in [5.74, 6) is 2.75. The fourth-order valence-electron chi connectivity index (χ4n) is 2.38. The van der Waals surface area contributed by atoms with Crippen LogP contribution in [0.2, 0.25) is 0 Å². The molecule has 0 atom stereocenters. The van der Waals surface area contributed by atoms with Gasteiger partial charge < -0.3 is 25.3 Å². The molecular formula is C14H22N2O3. The molecule has 1 aliphatic carbocycles. The number of anilines is 1. The quantitative estimate of drug-likeness (QED) is 0.822. The molecule has 2 rings (SSSR count). The summed E-state index contributed by atoms with van der Waals surface area (Å²) in [5, 5.41) is 3.40. The first-order chi connectivity index (χ1) is 9.17. The van der Waals surface area contributed by atoms with Gasteiger partial charge in [0, 0.05) is 24.7 Å². The molecule has 5 heteroatoms. The molecule has 0 bridgehead atoms. The van der Waals surface area contributed by atoms with Gasteiger partial charge in [0.25, 0.3) is 0 Å². The average Bonchev–Trinajstić information content (AvgIpc) is 2.41. The Morgan fingerprint density at radius 1 is 1.05 bits per heavy atom. The lowest BCUT2D eigenvalue weighted by Crippen LogP contribution is -2.39. The zero-order chi connectivity index (χ0) is 13.8. The Labute approximate surface area is 114 Å². The first-order valence-corrected chi connectivity index (χ1v) is 6.47. The van der Waals surface area contributed by atoms with Crippen molar-refractivity contribution in [2.45, 2.75) is 18.9 Å². The zero-order valence-electron chi connectivity index (χ0n) is 11.7. The smallest absolute Gasteiger partial charge is 0.164 e. The minimum Gasteiger partial charge on any atom is -0.494 e. The summed E-state index contributed by atoms with van der Waals surface area (Å²) in [6, 6.07) is 4.10. The summed E-state index contributed by atoms with van der Waals surface area (Å²) in [6.45, 7) is 0.902. The van der Waals surface area contributed by atoms with E-state index in [0.29, 0.717) is 23.5 Å². The van der Waals surface area contributed by atoms with E-state index in [9.17, 15) is 0 Å². The van der Waals surface area contributed by atoms with Gasteiger partial charge >= 0.3 is 0 Å². The summed E-state index contributed by atoms with van der Waals surface area (Å²) in [7, 11) is 4.88. The van der Waals surface area contributed by atoms with Gasteiger partial charge in [-0.3, -0.25) is 0 Å². The molecule has 19 heavy (non-hydrogen) atoms. The van der Waals surface area contributed by atoms with E-state index in [1.54, 1.807) is 21.3 Å². The number of ether oxygens (including phenoxy) is 3. The van der Waals surface area contributed by atoms with E-state index in [1.165, 1.54) is 0 Å². The molecule has 1 aliphatic rings. The van der Waals surface area contributed by atoms with Gasteiger partial charge in [0.05, 0.1) is 27.0 Å². The zero-order valence-corrected chi connectivity index (χ0v) is 11.7. The third kappa shape index (κ3) is 3.04. The van der Waals surface area contributed by atoms with Crippen LogP contribution in [0.15, 0.2) is 12.1 Å². The van der Waals surface area contributed by atoms with Crippen LogP contribution in [-0.2, 0) is 0 Å². The molecule has 0 radical (unpaired) electrons. The van der Waals surface area contributed by atoms with Gasteiger partial charge in [-0.1, -0.05) is 0 Å². The van der Waals surface area contributed by atoms with Crippen LogP contribution in [0.3, 0.4) is 0 Å². The van der Waals surface area contributed by atoms with Crippen LogP contribution in [0.4, 0.5) is 5.69 Å². The first-order valence-electron chi connectivity index (χ1n) is 6.47. The van der Waals surface area contributed by atoms with Crippen molar-refractivity contribution < 1.29 is 14.2 Å². The third-order valence-corrected chi connectivity index (χ3v) is 3.56. The molecule has 1 aromatic carbocycles. The predicted octanol–water partition coefficient (Wildman–Crippen LogP) is 1.86. The molecule has 1 saturated carbocycles. The van der Waals surface area contributed by atoms with Crippen molar-refractivity contribution >= 4 is 5.69 Å². The lowest BCUT2D eigenvalue weighted by atomic mass is 9.81. The third-order valence-electron chi connectivity index (χ3n) is 3.56. The second kappa shape index (κ2) is 6.02. The second-order valence-corrected chi connectivity index (χ2v) is 4.89. The molecule has 0 saturated heterocycles. The van der Waals surface area contributed by atoms with Gasteiger partial charge in [-0.25, -0.2) is 0 Å². The SMILES string of the molecule is COc1cc(OC)c(OC)cc1NCC1CC(N)C1. The summed E-state index contributed by atoms with van der Waals surface area (Å²) in [6.07, 6.45) is 2.17.